The number of halogens is 1. The molecule has 1 aliphatic heterocycles. The van der Waals surface area contributed by atoms with Crippen LogP contribution in [0.3, 0.4) is 0 Å². The molecule has 0 bridgehead atoms. The highest BCUT2D eigenvalue weighted by Gasteiger charge is 2.28. The van der Waals surface area contributed by atoms with Crippen molar-refractivity contribution in [3.63, 3.8) is 0 Å². The average molecular weight is 613 g/mol. The van der Waals surface area contributed by atoms with Crippen LogP contribution >= 0.6 is 34.2 Å². The molecule has 7 nitrogen and oxygen atoms in total. The van der Waals surface area contributed by atoms with Crippen molar-refractivity contribution < 1.29 is 14.6 Å². The van der Waals surface area contributed by atoms with Gasteiger partial charge in [0, 0.05) is 71.2 Å². The Morgan fingerprint density at radius 1 is 1.31 bits per heavy atom. The second kappa shape index (κ2) is 11.3. The van der Waals surface area contributed by atoms with Crippen molar-refractivity contribution in [2.24, 2.45) is 0 Å². The van der Waals surface area contributed by atoms with E-state index in [9.17, 15) is 9.90 Å². The zero-order chi connectivity index (χ0) is 25.2. The molecule has 9 heteroatoms. The Morgan fingerprint density at radius 3 is 2.69 bits per heavy atom. The molecular formula is C26H37IN4O3S. The van der Waals surface area contributed by atoms with Gasteiger partial charge in [-0.2, -0.15) is 0 Å². The fraction of sp³-hybridized carbons (Fsp3) is 0.615. The number of thiophene rings is 1. The number of likely N-dealkylation sites (N-methyl/N-ethyl adjacent to an activating group) is 1. The van der Waals surface area contributed by atoms with E-state index in [0.29, 0.717) is 10.9 Å². The summed E-state index contributed by atoms with van der Waals surface area (Å²) in [6.07, 6.45) is 8.86. The number of carbonyl (C=O) groups is 1. The summed E-state index contributed by atoms with van der Waals surface area (Å²) >= 11 is 3.77. The number of aromatic nitrogens is 1. The van der Waals surface area contributed by atoms with Crippen molar-refractivity contribution in [1.29, 1.82) is 0 Å². The molecule has 0 spiro atoms. The topological polar surface area (TPSA) is 77.9 Å². The second-order valence-corrected chi connectivity index (χ2v) is 13.4. The predicted octanol–water partition coefficient (Wildman–Crippen LogP) is 5.80. The van der Waals surface area contributed by atoms with Crippen molar-refractivity contribution in [2.75, 3.05) is 25.5 Å². The number of nitrogens with zero attached hydrogens (tertiary/aromatic N) is 3. The number of carboxylic acids is 1. The first-order valence-corrected chi connectivity index (χ1v) is 14.2. The number of likely N-dealkylation sites (tertiary alicyclic amines) is 1. The first-order chi connectivity index (χ1) is 16.6. The number of hydrogen-bond donors (Lipinski definition) is 2. The molecule has 2 aliphatic rings. The van der Waals surface area contributed by atoms with Crippen LogP contribution in [0.4, 0.5) is 5.69 Å². The number of rotatable bonds is 8. The minimum Gasteiger partial charge on any atom is -0.488 e. The van der Waals surface area contributed by atoms with Crippen LogP contribution in [0.15, 0.2) is 24.5 Å². The number of anilines is 1. The Balaban J connectivity index is 1.33. The molecule has 1 atom stereocenters. The van der Waals surface area contributed by atoms with Gasteiger partial charge >= 0.3 is 5.97 Å². The van der Waals surface area contributed by atoms with Gasteiger partial charge in [-0.25, -0.2) is 7.91 Å². The molecule has 4 rings (SSSR count). The summed E-state index contributed by atoms with van der Waals surface area (Å²) in [7, 11) is 2.14. The first-order valence-electron chi connectivity index (χ1n) is 12.4. The summed E-state index contributed by atoms with van der Waals surface area (Å²) in [5, 5.41) is 13.2. The van der Waals surface area contributed by atoms with Gasteiger partial charge < -0.3 is 15.2 Å². The van der Waals surface area contributed by atoms with Gasteiger partial charge in [0.05, 0.1) is 18.0 Å². The molecule has 1 saturated carbocycles. The molecular weight excluding hydrogens is 575 g/mol. The standard InChI is InChI=1S/C26H37IN4O3S/c1-26(2,3)23-13-21(24(35-23)25(32)33)29-18-5-7-20(8-6-18)34-22-14-28-11-9-17(22)15-31-12-10-19(16-31)30(4)27/h9,11,13-14,18-20,29H,5-8,10,12,15-16H2,1-4H3,(H,32,33)/t18-,19?,20-. The Bertz CT molecular complexity index is 1010. The molecule has 3 heterocycles. The Morgan fingerprint density at radius 2 is 2.06 bits per heavy atom. The zero-order valence-corrected chi connectivity index (χ0v) is 24.1. The minimum absolute atomic E-state index is 0.0657. The van der Waals surface area contributed by atoms with E-state index in [1.54, 1.807) is 0 Å². The first kappa shape index (κ1) is 26.6. The molecule has 0 amide bonds. The fourth-order valence-electron chi connectivity index (χ4n) is 4.88. The van der Waals surface area contributed by atoms with Crippen molar-refractivity contribution in [3.8, 4) is 5.75 Å². The third-order valence-corrected chi connectivity index (χ3v) is 9.34. The summed E-state index contributed by atoms with van der Waals surface area (Å²) in [6, 6.07) is 4.97. The largest absolute Gasteiger partial charge is 0.488 e. The molecule has 0 aromatic carbocycles. The lowest BCUT2D eigenvalue weighted by molar-refractivity contribution is 0.0703. The third kappa shape index (κ3) is 6.87. The molecule has 35 heavy (non-hydrogen) atoms. The van der Waals surface area contributed by atoms with Gasteiger partial charge in [0.15, 0.2) is 0 Å². The lowest BCUT2D eigenvalue weighted by Crippen LogP contribution is -2.32. The minimum atomic E-state index is -0.858. The number of hydrogen-bond acceptors (Lipinski definition) is 7. The maximum absolute atomic E-state index is 11.8. The van der Waals surface area contributed by atoms with Crippen LogP contribution < -0.4 is 10.1 Å². The van der Waals surface area contributed by atoms with E-state index in [2.05, 4.69) is 75.1 Å². The van der Waals surface area contributed by atoms with E-state index in [4.69, 9.17) is 4.74 Å². The lowest BCUT2D eigenvalue weighted by atomic mass is 9.92. The fourth-order valence-corrected chi connectivity index (χ4v) is 6.36. The summed E-state index contributed by atoms with van der Waals surface area (Å²) < 4.78 is 8.74. The van der Waals surface area contributed by atoms with Gasteiger partial charge in [0.2, 0.25) is 0 Å². The Hall–Kier alpha value is -1.43. The van der Waals surface area contributed by atoms with Crippen LogP contribution in [-0.4, -0.2) is 62.4 Å². The molecule has 2 N–H and O–H groups in total. The molecule has 2 fully saturated rings. The van der Waals surface area contributed by atoms with Gasteiger partial charge in [-0.05, 0) is 56.7 Å². The second-order valence-electron chi connectivity index (χ2n) is 10.8. The van der Waals surface area contributed by atoms with E-state index in [-0.39, 0.29) is 17.6 Å². The average Bonchev–Trinajstić information content (AvgIpc) is 3.44. The third-order valence-electron chi connectivity index (χ3n) is 7.01. The quantitative estimate of drug-likeness (QED) is 0.289. The van der Waals surface area contributed by atoms with Gasteiger partial charge in [-0.3, -0.25) is 9.88 Å². The van der Waals surface area contributed by atoms with E-state index in [0.717, 1.165) is 61.6 Å². The lowest BCUT2D eigenvalue weighted by Gasteiger charge is -2.30. The summed E-state index contributed by atoms with van der Waals surface area (Å²) in [5.41, 5.74) is 1.90. The Labute approximate surface area is 226 Å². The van der Waals surface area contributed by atoms with Crippen molar-refractivity contribution in [1.82, 2.24) is 13.0 Å². The number of carboxylic acid groups (broad SMARTS) is 1. The van der Waals surface area contributed by atoms with Crippen LogP contribution in [0.2, 0.25) is 0 Å². The molecule has 2 aromatic heterocycles. The molecule has 1 saturated heterocycles. The van der Waals surface area contributed by atoms with Crippen molar-refractivity contribution in [3.05, 3.63) is 39.8 Å². The van der Waals surface area contributed by atoms with E-state index < -0.39 is 5.97 Å². The van der Waals surface area contributed by atoms with Gasteiger partial charge in [0.25, 0.3) is 0 Å². The van der Waals surface area contributed by atoms with E-state index in [1.165, 1.54) is 23.3 Å². The normalized spacial score (nSPS) is 23.5. The van der Waals surface area contributed by atoms with Gasteiger partial charge in [-0.1, -0.05) is 20.8 Å². The summed E-state index contributed by atoms with van der Waals surface area (Å²) in [5.74, 6) is 0.0413. The van der Waals surface area contributed by atoms with Crippen LogP contribution in [-0.2, 0) is 12.0 Å². The number of nitrogens with one attached hydrogen (secondary N) is 1. The molecule has 1 aliphatic carbocycles. The van der Waals surface area contributed by atoms with E-state index in [1.807, 2.05) is 18.5 Å². The molecule has 2 aromatic rings. The highest BCUT2D eigenvalue weighted by atomic mass is 127. The van der Waals surface area contributed by atoms with Crippen LogP contribution in [0, 0.1) is 0 Å². The number of ether oxygens (including phenoxy) is 1. The number of pyridine rings is 1. The van der Waals surface area contributed by atoms with Crippen LogP contribution in [0.1, 0.15) is 73.0 Å². The number of aromatic carboxylic acids is 1. The van der Waals surface area contributed by atoms with E-state index >= 15 is 0 Å². The Kier molecular flexibility index (Phi) is 8.61. The molecule has 1 unspecified atom stereocenters. The molecule has 0 radical (unpaired) electrons. The van der Waals surface area contributed by atoms with Crippen LogP contribution in [0.5, 0.6) is 5.75 Å². The summed E-state index contributed by atoms with van der Waals surface area (Å²) in [4.78, 5) is 20.1. The van der Waals surface area contributed by atoms with Crippen molar-refractivity contribution in [2.45, 2.75) is 83.0 Å². The van der Waals surface area contributed by atoms with Crippen molar-refractivity contribution >= 4 is 45.9 Å². The predicted molar refractivity (Wildman–Crippen MR) is 150 cm³/mol. The van der Waals surface area contributed by atoms with Gasteiger partial charge in [0.1, 0.15) is 10.6 Å². The monoisotopic (exact) mass is 612 g/mol. The summed E-state index contributed by atoms with van der Waals surface area (Å²) in [6.45, 7) is 9.43. The molecule has 192 valence electrons. The maximum atomic E-state index is 11.8. The maximum Gasteiger partial charge on any atom is 0.348 e. The smallest absolute Gasteiger partial charge is 0.348 e. The zero-order valence-electron chi connectivity index (χ0n) is 21.1. The van der Waals surface area contributed by atoms with Crippen LogP contribution in [0.25, 0.3) is 0 Å². The van der Waals surface area contributed by atoms with Gasteiger partial charge in [-0.15, -0.1) is 11.3 Å². The highest BCUT2D eigenvalue weighted by molar-refractivity contribution is 14.1. The SMILES string of the molecule is CN(I)C1CCN(Cc2ccncc2O[C@H]2CC[C@H](Nc3cc(C(C)(C)C)sc3C(=O)O)CC2)C1. The highest BCUT2D eigenvalue weighted by Crippen LogP contribution is 2.37.